The summed E-state index contributed by atoms with van der Waals surface area (Å²) < 4.78 is 10.9. The summed E-state index contributed by atoms with van der Waals surface area (Å²) in [5, 5.41) is 0. The Balaban J connectivity index is 2.66. The second-order valence-corrected chi connectivity index (χ2v) is 4.70. The van der Waals surface area contributed by atoms with E-state index in [0.717, 1.165) is 15.8 Å². The lowest BCUT2D eigenvalue weighted by Gasteiger charge is -2.13. The SMILES string of the molecule is CCOc1ccc(C(N)CCC(=O)OC)cc1Br. The highest BCUT2D eigenvalue weighted by molar-refractivity contribution is 9.10. The predicted octanol–water partition coefficient (Wildman–Crippen LogP) is 2.80. The molecule has 0 aromatic heterocycles. The molecule has 0 saturated heterocycles. The Morgan fingerprint density at radius 1 is 1.50 bits per heavy atom. The molecule has 4 nitrogen and oxygen atoms in total. The van der Waals surface area contributed by atoms with Gasteiger partial charge in [-0.2, -0.15) is 0 Å². The number of methoxy groups -OCH3 is 1. The highest BCUT2D eigenvalue weighted by Gasteiger charge is 2.11. The summed E-state index contributed by atoms with van der Waals surface area (Å²) in [4.78, 5) is 11.0. The maximum Gasteiger partial charge on any atom is 0.305 e. The minimum absolute atomic E-state index is 0.184. The van der Waals surface area contributed by atoms with Crippen LogP contribution in [0.25, 0.3) is 0 Å². The molecule has 1 atom stereocenters. The molecule has 0 spiro atoms. The third-order valence-electron chi connectivity index (χ3n) is 2.57. The first kappa shape index (κ1) is 15.0. The Labute approximate surface area is 116 Å². The van der Waals surface area contributed by atoms with Crippen LogP contribution in [0.4, 0.5) is 0 Å². The van der Waals surface area contributed by atoms with Gasteiger partial charge in [-0.3, -0.25) is 4.79 Å². The van der Waals surface area contributed by atoms with Gasteiger partial charge in [0.05, 0.1) is 18.2 Å². The highest BCUT2D eigenvalue weighted by Crippen LogP contribution is 2.29. The molecule has 0 radical (unpaired) electrons. The van der Waals surface area contributed by atoms with Crippen LogP contribution in [0, 0.1) is 0 Å². The van der Waals surface area contributed by atoms with E-state index in [2.05, 4.69) is 20.7 Å². The Hall–Kier alpha value is -1.07. The largest absolute Gasteiger partial charge is 0.493 e. The molecule has 0 aliphatic carbocycles. The van der Waals surface area contributed by atoms with E-state index < -0.39 is 0 Å². The third-order valence-corrected chi connectivity index (χ3v) is 3.19. The average molecular weight is 316 g/mol. The van der Waals surface area contributed by atoms with Gasteiger partial charge < -0.3 is 15.2 Å². The number of halogens is 1. The molecule has 1 unspecified atom stereocenters. The predicted molar refractivity (Wildman–Crippen MR) is 73.5 cm³/mol. The molecule has 18 heavy (non-hydrogen) atoms. The molecule has 0 heterocycles. The van der Waals surface area contributed by atoms with Gasteiger partial charge in [0.1, 0.15) is 5.75 Å². The fourth-order valence-electron chi connectivity index (χ4n) is 1.56. The monoisotopic (exact) mass is 315 g/mol. The standard InChI is InChI=1S/C13H18BrNO3/c1-3-18-12-6-4-9(8-10(12)14)11(15)5-7-13(16)17-2/h4,6,8,11H,3,5,7,15H2,1-2H3. The molecule has 100 valence electrons. The zero-order chi connectivity index (χ0) is 13.5. The van der Waals surface area contributed by atoms with Crippen LogP contribution in [0.1, 0.15) is 31.4 Å². The van der Waals surface area contributed by atoms with Crippen molar-refractivity contribution >= 4 is 21.9 Å². The summed E-state index contributed by atoms with van der Waals surface area (Å²) in [7, 11) is 1.38. The first-order chi connectivity index (χ1) is 8.58. The van der Waals surface area contributed by atoms with E-state index >= 15 is 0 Å². The molecule has 1 aromatic carbocycles. The van der Waals surface area contributed by atoms with Crippen molar-refractivity contribution in [2.45, 2.75) is 25.8 Å². The normalized spacial score (nSPS) is 12.0. The van der Waals surface area contributed by atoms with E-state index in [4.69, 9.17) is 10.5 Å². The lowest BCUT2D eigenvalue weighted by Crippen LogP contribution is -2.13. The summed E-state index contributed by atoms with van der Waals surface area (Å²) in [5.74, 6) is 0.553. The van der Waals surface area contributed by atoms with Crippen LogP contribution >= 0.6 is 15.9 Å². The van der Waals surface area contributed by atoms with Crippen LogP contribution in [0.5, 0.6) is 5.75 Å². The van der Waals surface area contributed by atoms with Gasteiger partial charge in [0.15, 0.2) is 0 Å². The van der Waals surface area contributed by atoms with Gasteiger partial charge in [-0.15, -0.1) is 0 Å². The van der Waals surface area contributed by atoms with Crippen molar-refractivity contribution in [2.75, 3.05) is 13.7 Å². The number of carbonyl (C=O) groups excluding carboxylic acids is 1. The highest BCUT2D eigenvalue weighted by atomic mass is 79.9. The Morgan fingerprint density at radius 3 is 2.78 bits per heavy atom. The lowest BCUT2D eigenvalue weighted by atomic mass is 10.0. The summed E-state index contributed by atoms with van der Waals surface area (Å²) in [6.07, 6.45) is 0.885. The number of hydrogen-bond donors (Lipinski definition) is 1. The van der Waals surface area contributed by atoms with Gasteiger partial charge in [-0.1, -0.05) is 6.07 Å². The van der Waals surface area contributed by atoms with E-state index in [-0.39, 0.29) is 12.0 Å². The van der Waals surface area contributed by atoms with Crippen molar-refractivity contribution in [3.05, 3.63) is 28.2 Å². The van der Waals surface area contributed by atoms with Crippen molar-refractivity contribution in [3.63, 3.8) is 0 Å². The van der Waals surface area contributed by atoms with Crippen LogP contribution in [-0.4, -0.2) is 19.7 Å². The minimum Gasteiger partial charge on any atom is -0.493 e. The van der Waals surface area contributed by atoms with Crippen LogP contribution < -0.4 is 10.5 Å². The Morgan fingerprint density at radius 2 is 2.22 bits per heavy atom. The van der Waals surface area contributed by atoms with Crippen LogP contribution in [0.3, 0.4) is 0 Å². The van der Waals surface area contributed by atoms with Crippen LogP contribution in [0.2, 0.25) is 0 Å². The fraction of sp³-hybridized carbons (Fsp3) is 0.462. The van der Waals surface area contributed by atoms with Crippen LogP contribution in [-0.2, 0) is 9.53 Å². The second kappa shape index (κ2) is 7.38. The van der Waals surface area contributed by atoms with E-state index in [9.17, 15) is 4.79 Å². The molecule has 0 aliphatic rings. The smallest absolute Gasteiger partial charge is 0.305 e. The first-order valence-electron chi connectivity index (χ1n) is 5.83. The Kier molecular flexibility index (Phi) is 6.15. The third kappa shape index (κ3) is 4.31. The molecule has 2 N–H and O–H groups in total. The Bertz CT molecular complexity index is 409. The van der Waals surface area contributed by atoms with Crippen LogP contribution in [0.15, 0.2) is 22.7 Å². The number of esters is 1. The topological polar surface area (TPSA) is 61.5 Å². The van der Waals surface area contributed by atoms with Crippen molar-refractivity contribution in [1.29, 1.82) is 0 Å². The summed E-state index contributed by atoms with van der Waals surface area (Å²) in [5.41, 5.74) is 6.99. The maximum absolute atomic E-state index is 11.0. The number of ether oxygens (including phenoxy) is 2. The van der Waals surface area contributed by atoms with E-state index in [1.165, 1.54) is 7.11 Å². The van der Waals surface area contributed by atoms with Crippen molar-refractivity contribution in [1.82, 2.24) is 0 Å². The molecule has 0 bridgehead atoms. The van der Waals surface area contributed by atoms with Crippen molar-refractivity contribution in [2.24, 2.45) is 5.73 Å². The van der Waals surface area contributed by atoms with Gasteiger partial charge in [0.25, 0.3) is 0 Å². The summed E-state index contributed by atoms with van der Waals surface area (Å²) in [6.45, 7) is 2.55. The number of nitrogens with two attached hydrogens (primary N) is 1. The molecular formula is C13H18BrNO3. The average Bonchev–Trinajstić information content (AvgIpc) is 2.38. The molecule has 1 aromatic rings. The van der Waals surface area contributed by atoms with Gasteiger partial charge >= 0.3 is 5.97 Å². The zero-order valence-corrected chi connectivity index (χ0v) is 12.2. The van der Waals surface area contributed by atoms with Gasteiger partial charge in [0.2, 0.25) is 0 Å². The van der Waals surface area contributed by atoms with Gasteiger partial charge in [-0.05, 0) is 47.0 Å². The molecule has 1 rings (SSSR count). The molecule has 0 fully saturated rings. The van der Waals surface area contributed by atoms with E-state index in [1.54, 1.807) is 0 Å². The van der Waals surface area contributed by atoms with Crippen molar-refractivity contribution < 1.29 is 14.3 Å². The molecular weight excluding hydrogens is 298 g/mol. The fourth-order valence-corrected chi connectivity index (χ4v) is 2.07. The number of rotatable bonds is 6. The number of carbonyl (C=O) groups is 1. The maximum atomic E-state index is 11.0. The minimum atomic E-state index is -0.240. The molecule has 0 amide bonds. The van der Waals surface area contributed by atoms with Gasteiger partial charge in [0, 0.05) is 12.5 Å². The van der Waals surface area contributed by atoms with E-state index in [0.29, 0.717) is 19.4 Å². The molecule has 0 aliphatic heterocycles. The zero-order valence-electron chi connectivity index (χ0n) is 10.6. The molecule has 5 heteroatoms. The summed E-state index contributed by atoms with van der Waals surface area (Å²) in [6, 6.07) is 5.53. The summed E-state index contributed by atoms with van der Waals surface area (Å²) >= 11 is 3.44. The first-order valence-corrected chi connectivity index (χ1v) is 6.62. The lowest BCUT2D eigenvalue weighted by molar-refractivity contribution is -0.140. The number of hydrogen-bond acceptors (Lipinski definition) is 4. The van der Waals surface area contributed by atoms with E-state index in [1.807, 2.05) is 25.1 Å². The van der Waals surface area contributed by atoms with Gasteiger partial charge in [-0.25, -0.2) is 0 Å². The molecule has 0 saturated carbocycles. The second-order valence-electron chi connectivity index (χ2n) is 3.84. The number of benzene rings is 1. The van der Waals surface area contributed by atoms with Crippen molar-refractivity contribution in [3.8, 4) is 5.75 Å². The quantitative estimate of drug-likeness (QED) is 0.820.